The molecule has 2 aromatic rings. The number of rotatable bonds is 4. The smallest absolute Gasteiger partial charge is 0.336 e. The Bertz CT molecular complexity index is 705. The molecule has 0 unspecified atom stereocenters. The van der Waals surface area contributed by atoms with E-state index in [4.69, 9.17) is 4.74 Å². The van der Waals surface area contributed by atoms with Crippen LogP contribution >= 0.6 is 0 Å². The van der Waals surface area contributed by atoms with Crippen LogP contribution in [0.15, 0.2) is 42.5 Å². The van der Waals surface area contributed by atoms with E-state index in [-0.39, 0.29) is 5.57 Å². The molecule has 1 N–H and O–H groups in total. The van der Waals surface area contributed by atoms with Crippen LogP contribution in [0.2, 0.25) is 0 Å². The molecule has 2 aromatic carbocycles. The highest BCUT2D eigenvalue weighted by Crippen LogP contribution is 2.25. The number of halogens is 1. The van der Waals surface area contributed by atoms with Gasteiger partial charge in [-0.05, 0) is 36.3 Å². The minimum absolute atomic E-state index is 0.0124. The van der Waals surface area contributed by atoms with Gasteiger partial charge < -0.3 is 9.84 Å². The summed E-state index contributed by atoms with van der Waals surface area (Å²) in [6.45, 7) is 1.63. The van der Waals surface area contributed by atoms with E-state index in [2.05, 4.69) is 0 Å². The molecule has 0 aliphatic carbocycles. The van der Waals surface area contributed by atoms with Crippen LogP contribution in [0.3, 0.4) is 0 Å². The molecule has 0 bridgehead atoms. The second-order valence-electron chi connectivity index (χ2n) is 4.57. The predicted molar refractivity (Wildman–Crippen MR) is 79.6 cm³/mol. The van der Waals surface area contributed by atoms with Crippen molar-refractivity contribution in [1.29, 1.82) is 0 Å². The Hall–Kier alpha value is -2.62. The first-order chi connectivity index (χ1) is 10.0. The van der Waals surface area contributed by atoms with Crippen molar-refractivity contribution in [2.45, 2.75) is 6.92 Å². The molecule has 2 rings (SSSR count). The van der Waals surface area contributed by atoms with Crippen LogP contribution in [0.1, 0.15) is 16.7 Å². The minimum atomic E-state index is -1.12. The number of benzene rings is 2. The molecular formula is C17H15FO3. The molecule has 0 saturated carbocycles. The van der Waals surface area contributed by atoms with Gasteiger partial charge in [0, 0.05) is 5.56 Å². The molecule has 0 radical (unpaired) electrons. The number of carboxylic acid groups (broad SMARTS) is 1. The van der Waals surface area contributed by atoms with Gasteiger partial charge in [0.1, 0.15) is 11.6 Å². The number of carbonyl (C=O) groups is 1. The fraction of sp³-hybridized carbons (Fsp3) is 0.118. The summed E-state index contributed by atoms with van der Waals surface area (Å²) in [5.74, 6) is -0.993. The Morgan fingerprint density at radius 2 is 1.95 bits per heavy atom. The van der Waals surface area contributed by atoms with Crippen LogP contribution < -0.4 is 4.74 Å². The molecule has 0 heterocycles. The summed E-state index contributed by atoms with van der Waals surface area (Å²) in [7, 11) is 1.51. The van der Waals surface area contributed by atoms with Crippen molar-refractivity contribution in [3.8, 4) is 5.75 Å². The van der Waals surface area contributed by atoms with E-state index < -0.39 is 11.8 Å². The SMILES string of the molecule is COc1ccccc1/C=C(\C(=O)O)c1ccc(C)c(F)c1. The number of carboxylic acids is 1. The van der Waals surface area contributed by atoms with Crippen molar-refractivity contribution in [3.63, 3.8) is 0 Å². The lowest BCUT2D eigenvalue weighted by molar-refractivity contribution is -0.130. The first kappa shape index (κ1) is 14.8. The Morgan fingerprint density at radius 3 is 2.57 bits per heavy atom. The maximum Gasteiger partial charge on any atom is 0.336 e. The average Bonchev–Trinajstić information content (AvgIpc) is 2.48. The molecule has 0 aromatic heterocycles. The summed E-state index contributed by atoms with van der Waals surface area (Å²) in [4.78, 5) is 11.5. The molecule has 108 valence electrons. The largest absolute Gasteiger partial charge is 0.496 e. The lowest BCUT2D eigenvalue weighted by atomic mass is 10.0. The maximum absolute atomic E-state index is 13.6. The van der Waals surface area contributed by atoms with Crippen LogP contribution in [0, 0.1) is 12.7 Å². The van der Waals surface area contributed by atoms with Crippen molar-refractivity contribution >= 4 is 17.6 Å². The molecular weight excluding hydrogens is 271 g/mol. The van der Waals surface area contributed by atoms with E-state index in [0.717, 1.165) is 0 Å². The summed E-state index contributed by atoms with van der Waals surface area (Å²) in [5, 5.41) is 9.38. The fourth-order valence-electron chi connectivity index (χ4n) is 1.97. The van der Waals surface area contributed by atoms with Crippen molar-refractivity contribution in [3.05, 3.63) is 65.0 Å². The van der Waals surface area contributed by atoms with Crippen molar-refractivity contribution in [2.75, 3.05) is 7.11 Å². The highest BCUT2D eigenvalue weighted by atomic mass is 19.1. The van der Waals surface area contributed by atoms with E-state index in [1.165, 1.54) is 19.3 Å². The third-order valence-corrected chi connectivity index (χ3v) is 3.15. The lowest BCUT2D eigenvalue weighted by Gasteiger charge is -2.08. The molecule has 21 heavy (non-hydrogen) atoms. The number of ether oxygens (including phenoxy) is 1. The molecule has 0 aliphatic heterocycles. The number of para-hydroxylation sites is 1. The molecule has 0 spiro atoms. The third-order valence-electron chi connectivity index (χ3n) is 3.15. The number of hydrogen-bond acceptors (Lipinski definition) is 2. The molecule has 0 amide bonds. The zero-order chi connectivity index (χ0) is 15.4. The maximum atomic E-state index is 13.6. The zero-order valence-electron chi connectivity index (χ0n) is 11.8. The Labute approximate surface area is 122 Å². The van der Waals surface area contributed by atoms with Gasteiger partial charge in [-0.3, -0.25) is 0 Å². The first-order valence-corrected chi connectivity index (χ1v) is 6.37. The number of hydrogen-bond donors (Lipinski definition) is 1. The summed E-state index contributed by atoms with van der Waals surface area (Å²) < 4.78 is 18.8. The number of aliphatic carboxylic acids is 1. The summed E-state index contributed by atoms with van der Waals surface area (Å²) >= 11 is 0. The molecule has 0 saturated heterocycles. The molecule has 0 aliphatic rings. The normalized spacial score (nSPS) is 11.3. The zero-order valence-corrected chi connectivity index (χ0v) is 11.8. The van der Waals surface area contributed by atoms with Gasteiger partial charge in [-0.2, -0.15) is 0 Å². The quantitative estimate of drug-likeness (QED) is 0.687. The molecule has 0 fully saturated rings. The van der Waals surface area contributed by atoms with E-state index in [9.17, 15) is 14.3 Å². The van der Waals surface area contributed by atoms with Crippen LogP contribution in [0.5, 0.6) is 5.75 Å². The van der Waals surface area contributed by atoms with Gasteiger partial charge in [-0.1, -0.05) is 30.3 Å². The monoisotopic (exact) mass is 286 g/mol. The number of methoxy groups -OCH3 is 1. The Kier molecular flexibility index (Phi) is 4.38. The lowest BCUT2D eigenvalue weighted by Crippen LogP contribution is -2.01. The standard InChI is InChI=1S/C17H15FO3/c1-11-7-8-12(10-15(11)18)14(17(19)20)9-13-5-3-4-6-16(13)21-2/h3-10H,1-2H3,(H,19,20)/b14-9-. The van der Waals surface area contributed by atoms with Gasteiger partial charge in [0.15, 0.2) is 0 Å². The highest BCUT2D eigenvalue weighted by molar-refractivity contribution is 6.20. The van der Waals surface area contributed by atoms with Crippen molar-refractivity contribution in [2.24, 2.45) is 0 Å². The van der Waals surface area contributed by atoms with Crippen LogP contribution in [-0.4, -0.2) is 18.2 Å². The average molecular weight is 286 g/mol. The first-order valence-electron chi connectivity index (χ1n) is 6.37. The minimum Gasteiger partial charge on any atom is -0.496 e. The Balaban J connectivity index is 2.55. The van der Waals surface area contributed by atoms with E-state index in [1.54, 1.807) is 43.3 Å². The third kappa shape index (κ3) is 3.28. The molecule has 3 nitrogen and oxygen atoms in total. The molecule has 4 heteroatoms. The summed E-state index contributed by atoms with van der Waals surface area (Å²) in [5.41, 5.74) is 1.43. The fourth-order valence-corrected chi connectivity index (χ4v) is 1.97. The van der Waals surface area contributed by atoms with Gasteiger partial charge >= 0.3 is 5.97 Å². The summed E-state index contributed by atoms with van der Waals surface area (Å²) in [6.07, 6.45) is 1.48. The predicted octanol–water partition coefficient (Wildman–Crippen LogP) is 3.77. The topological polar surface area (TPSA) is 46.5 Å². The second kappa shape index (κ2) is 6.22. The highest BCUT2D eigenvalue weighted by Gasteiger charge is 2.13. The molecule has 0 atom stereocenters. The van der Waals surface area contributed by atoms with Crippen molar-refractivity contribution < 1.29 is 19.0 Å². The second-order valence-corrected chi connectivity index (χ2v) is 4.57. The van der Waals surface area contributed by atoms with E-state index in [0.29, 0.717) is 22.4 Å². The van der Waals surface area contributed by atoms with Crippen LogP contribution in [0.25, 0.3) is 11.6 Å². The van der Waals surface area contributed by atoms with E-state index >= 15 is 0 Å². The van der Waals surface area contributed by atoms with E-state index in [1.807, 2.05) is 0 Å². The van der Waals surface area contributed by atoms with Gasteiger partial charge in [-0.15, -0.1) is 0 Å². The van der Waals surface area contributed by atoms with Gasteiger partial charge in [0.05, 0.1) is 12.7 Å². The summed E-state index contributed by atoms with van der Waals surface area (Å²) in [6, 6.07) is 11.4. The van der Waals surface area contributed by atoms with Gasteiger partial charge in [-0.25, -0.2) is 9.18 Å². The van der Waals surface area contributed by atoms with Gasteiger partial charge in [0.25, 0.3) is 0 Å². The Morgan fingerprint density at radius 1 is 1.24 bits per heavy atom. The van der Waals surface area contributed by atoms with Crippen LogP contribution in [-0.2, 0) is 4.79 Å². The number of aryl methyl sites for hydroxylation is 1. The van der Waals surface area contributed by atoms with Gasteiger partial charge in [0.2, 0.25) is 0 Å². The van der Waals surface area contributed by atoms with Crippen molar-refractivity contribution in [1.82, 2.24) is 0 Å². The van der Waals surface area contributed by atoms with Crippen LogP contribution in [0.4, 0.5) is 4.39 Å².